The molecule has 2 aromatic rings. The molecule has 0 aliphatic heterocycles. The highest BCUT2D eigenvalue weighted by molar-refractivity contribution is 14.1. The van der Waals surface area contributed by atoms with Crippen LogP contribution in [-0.2, 0) is 27.3 Å². The molecular formula is C25H33IN4O3. The quantitative estimate of drug-likeness (QED) is 0.314. The van der Waals surface area contributed by atoms with Gasteiger partial charge in [-0.2, -0.15) is 0 Å². The molecule has 7 nitrogen and oxygen atoms in total. The van der Waals surface area contributed by atoms with Crippen molar-refractivity contribution >= 4 is 40.3 Å². The van der Waals surface area contributed by atoms with E-state index in [9.17, 15) is 14.4 Å². The highest BCUT2D eigenvalue weighted by atomic mass is 127. The molecule has 178 valence electrons. The van der Waals surface area contributed by atoms with Gasteiger partial charge in [0.2, 0.25) is 17.7 Å². The molecule has 2 rings (SSSR count). The summed E-state index contributed by atoms with van der Waals surface area (Å²) in [6.07, 6.45) is 0.857. The van der Waals surface area contributed by atoms with Gasteiger partial charge >= 0.3 is 0 Å². The predicted molar refractivity (Wildman–Crippen MR) is 138 cm³/mol. The lowest BCUT2D eigenvalue weighted by Gasteiger charge is -2.22. The first-order valence-corrected chi connectivity index (χ1v) is 12.2. The molecule has 0 aromatic heterocycles. The Bertz CT molecular complexity index is 936. The van der Waals surface area contributed by atoms with Crippen LogP contribution in [-0.4, -0.2) is 35.8 Å². The maximum absolute atomic E-state index is 13.0. The molecule has 0 radical (unpaired) electrons. The summed E-state index contributed by atoms with van der Waals surface area (Å²) >= 11 is 2.22. The molecule has 0 unspecified atom stereocenters. The van der Waals surface area contributed by atoms with Crippen molar-refractivity contribution in [2.45, 2.75) is 58.3 Å². The zero-order valence-corrected chi connectivity index (χ0v) is 21.5. The van der Waals surface area contributed by atoms with Gasteiger partial charge in [-0.05, 0) is 65.1 Å². The topological polar surface area (TPSA) is 113 Å². The van der Waals surface area contributed by atoms with Gasteiger partial charge in [0, 0.05) is 16.5 Å². The SMILES string of the molecule is CC(C)C[C@H](N)C(=O)N[C@@H](C)C(=O)N[C@H](Cc1ccccc1)C(=O)NCc1cccc(I)c1. The molecule has 0 heterocycles. The fourth-order valence-corrected chi connectivity index (χ4v) is 3.92. The molecule has 0 fully saturated rings. The average Bonchev–Trinajstić information content (AvgIpc) is 2.77. The molecule has 0 saturated carbocycles. The van der Waals surface area contributed by atoms with Crippen molar-refractivity contribution in [1.82, 2.24) is 16.0 Å². The number of nitrogens with one attached hydrogen (secondary N) is 3. The number of hydrogen-bond acceptors (Lipinski definition) is 4. The van der Waals surface area contributed by atoms with E-state index in [-0.39, 0.29) is 17.7 Å². The van der Waals surface area contributed by atoms with Crippen LogP contribution in [0.4, 0.5) is 0 Å². The van der Waals surface area contributed by atoms with E-state index in [0.29, 0.717) is 19.4 Å². The molecule has 0 aliphatic carbocycles. The lowest BCUT2D eigenvalue weighted by molar-refractivity contribution is -0.132. The highest BCUT2D eigenvalue weighted by Gasteiger charge is 2.26. The van der Waals surface area contributed by atoms with Gasteiger partial charge in [-0.25, -0.2) is 0 Å². The summed E-state index contributed by atoms with van der Waals surface area (Å²) in [6.45, 7) is 5.89. The Morgan fingerprint density at radius 1 is 0.879 bits per heavy atom. The van der Waals surface area contributed by atoms with E-state index in [1.54, 1.807) is 6.92 Å². The lowest BCUT2D eigenvalue weighted by Crippen LogP contribution is -2.55. The zero-order valence-electron chi connectivity index (χ0n) is 19.3. The maximum atomic E-state index is 13.0. The highest BCUT2D eigenvalue weighted by Crippen LogP contribution is 2.09. The monoisotopic (exact) mass is 564 g/mol. The number of carbonyl (C=O) groups excluding carboxylic acids is 3. The van der Waals surface area contributed by atoms with Gasteiger partial charge in [0.15, 0.2) is 0 Å². The third-order valence-corrected chi connectivity index (χ3v) is 5.76. The van der Waals surface area contributed by atoms with Crippen LogP contribution in [0.15, 0.2) is 54.6 Å². The summed E-state index contributed by atoms with van der Waals surface area (Å²) in [6, 6.07) is 15.0. The van der Waals surface area contributed by atoms with Crippen molar-refractivity contribution in [2.75, 3.05) is 0 Å². The van der Waals surface area contributed by atoms with Crippen molar-refractivity contribution in [1.29, 1.82) is 0 Å². The minimum absolute atomic E-state index is 0.265. The molecule has 5 N–H and O–H groups in total. The van der Waals surface area contributed by atoms with E-state index in [2.05, 4.69) is 38.5 Å². The van der Waals surface area contributed by atoms with Crippen molar-refractivity contribution in [3.8, 4) is 0 Å². The lowest BCUT2D eigenvalue weighted by atomic mass is 10.0. The molecular weight excluding hydrogens is 531 g/mol. The smallest absolute Gasteiger partial charge is 0.243 e. The van der Waals surface area contributed by atoms with Crippen LogP contribution < -0.4 is 21.7 Å². The van der Waals surface area contributed by atoms with Crippen LogP contribution in [0, 0.1) is 9.49 Å². The number of carbonyl (C=O) groups is 3. The number of rotatable bonds is 11. The van der Waals surface area contributed by atoms with Gasteiger partial charge in [0.05, 0.1) is 6.04 Å². The van der Waals surface area contributed by atoms with E-state index in [0.717, 1.165) is 14.7 Å². The average molecular weight is 564 g/mol. The summed E-state index contributed by atoms with van der Waals surface area (Å²) in [5.74, 6) is -0.845. The van der Waals surface area contributed by atoms with Gasteiger partial charge in [0.1, 0.15) is 12.1 Å². The van der Waals surface area contributed by atoms with Crippen molar-refractivity contribution in [3.63, 3.8) is 0 Å². The number of benzene rings is 2. The molecule has 3 atom stereocenters. The van der Waals surface area contributed by atoms with Gasteiger partial charge in [0.25, 0.3) is 0 Å². The standard InChI is InChI=1S/C25H33IN4O3/c1-16(2)12-21(27)24(32)29-17(3)23(31)30-22(14-18-8-5-4-6-9-18)25(33)28-15-19-10-7-11-20(26)13-19/h4-11,13,16-17,21-22H,12,14-15,27H2,1-3H3,(H,28,33)(H,29,32)(H,30,31)/t17-,21-,22+/m0/s1. The van der Waals surface area contributed by atoms with Crippen LogP contribution >= 0.6 is 22.6 Å². The summed E-state index contributed by atoms with van der Waals surface area (Å²) in [5, 5.41) is 8.35. The van der Waals surface area contributed by atoms with E-state index < -0.39 is 24.0 Å². The Balaban J connectivity index is 2.03. The Labute approximate surface area is 209 Å². The predicted octanol–water partition coefficient (Wildman–Crippen LogP) is 2.51. The number of amides is 3. The van der Waals surface area contributed by atoms with Crippen LogP contribution in [0.2, 0.25) is 0 Å². The minimum atomic E-state index is -0.822. The second-order valence-corrected chi connectivity index (χ2v) is 9.81. The number of halogens is 1. The molecule has 0 bridgehead atoms. The largest absolute Gasteiger partial charge is 0.350 e. The Morgan fingerprint density at radius 3 is 2.18 bits per heavy atom. The summed E-state index contributed by atoms with van der Waals surface area (Å²) < 4.78 is 1.08. The molecule has 2 aromatic carbocycles. The Kier molecular flexibility index (Phi) is 10.8. The Hall–Kier alpha value is -2.46. The maximum Gasteiger partial charge on any atom is 0.243 e. The second kappa shape index (κ2) is 13.3. The third kappa shape index (κ3) is 9.51. The van der Waals surface area contributed by atoms with Crippen molar-refractivity contribution < 1.29 is 14.4 Å². The first-order chi connectivity index (χ1) is 15.7. The van der Waals surface area contributed by atoms with Gasteiger partial charge < -0.3 is 21.7 Å². The van der Waals surface area contributed by atoms with Crippen LogP contribution in [0.25, 0.3) is 0 Å². The molecule has 0 saturated heterocycles. The van der Waals surface area contributed by atoms with Crippen LogP contribution in [0.3, 0.4) is 0 Å². The Morgan fingerprint density at radius 2 is 1.55 bits per heavy atom. The summed E-state index contributed by atoms with van der Waals surface area (Å²) in [5.41, 5.74) is 7.81. The molecule has 0 spiro atoms. The fraction of sp³-hybridized carbons (Fsp3) is 0.400. The molecule has 0 aliphatic rings. The van der Waals surface area contributed by atoms with Gasteiger partial charge in [-0.15, -0.1) is 0 Å². The van der Waals surface area contributed by atoms with Gasteiger partial charge in [-0.1, -0.05) is 56.3 Å². The van der Waals surface area contributed by atoms with Crippen molar-refractivity contribution in [3.05, 3.63) is 69.3 Å². The summed E-state index contributed by atoms with van der Waals surface area (Å²) in [4.78, 5) is 38.1. The second-order valence-electron chi connectivity index (χ2n) is 8.56. The fourth-order valence-electron chi connectivity index (χ4n) is 3.32. The van der Waals surface area contributed by atoms with E-state index in [1.807, 2.05) is 68.4 Å². The first kappa shape index (κ1) is 26.8. The molecule has 8 heteroatoms. The van der Waals surface area contributed by atoms with E-state index >= 15 is 0 Å². The zero-order chi connectivity index (χ0) is 24.4. The van der Waals surface area contributed by atoms with Gasteiger partial charge in [-0.3, -0.25) is 14.4 Å². The van der Waals surface area contributed by atoms with E-state index in [1.165, 1.54) is 0 Å². The van der Waals surface area contributed by atoms with Crippen LogP contribution in [0.5, 0.6) is 0 Å². The molecule has 33 heavy (non-hydrogen) atoms. The molecule has 3 amide bonds. The number of nitrogens with two attached hydrogens (primary N) is 1. The third-order valence-electron chi connectivity index (χ3n) is 5.09. The van der Waals surface area contributed by atoms with Crippen molar-refractivity contribution in [2.24, 2.45) is 11.7 Å². The van der Waals surface area contributed by atoms with E-state index in [4.69, 9.17) is 5.73 Å². The summed E-state index contributed by atoms with van der Waals surface area (Å²) in [7, 11) is 0. The normalized spacial score (nSPS) is 13.6. The first-order valence-electron chi connectivity index (χ1n) is 11.1. The number of hydrogen-bond donors (Lipinski definition) is 4. The minimum Gasteiger partial charge on any atom is -0.350 e. The van der Waals surface area contributed by atoms with Crippen LogP contribution in [0.1, 0.15) is 38.3 Å².